The lowest BCUT2D eigenvalue weighted by Gasteiger charge is -2.31. The number of aromatic nitrogens is 2. The summed E-state index contributed by atoms with van der Waals surface area (Å²) in [7, 11) is 0. The number of amides is 2. The van der Waals surface area contributed by atoms with E-state index in [4.69, 9.17) is 4.74 Å². The number of rotatable bonds is 7. The van der Waals surface area contributed by atoms with Gasteiger partial charge in [0.2, 0.25) is 5.91 Å². The van der Waals surface area contributed by atoms with Gasteiger partial charge in [0.05, 0.1) is 18.2 Å². The maximum Gasteiger partial charge on any atom is 0.309 e. The molecular weight excluding hydrogens is 384 g/mol. The van der Waals surface area contributed by atoms with Crippen LogP contribution >= 0.6 is 0 Å². The molecule has 3 rings (SSSR count). The first kappa shape index (κ1) is 21.8. The van der Waals surface area contributed by atoms with Crippen LogP contribution < -0.4 is 5.32 Å². The highest BCUT2D eigenvalue weighted by Gasteiger charge is 2.28. The number of imidazole rings is 1. The van der Waals surface area contributed by atoms with Crippen molar-refractivity contribution in [3.8, 4) is 0 Å². The molecule has 162 valence electrons. The zero-order valence-corrected chi connectivity index (χ0v) is 17.9. The van der Waals surface area contributed by atoms with Crippen LogP contribution in [0.5, 0.6) is 0 Å². The van der Waals surface area contributed by atoms with Gasteiger partial charge in [-0.1, -0.05) is 6.07 Å². The van der Waals surface area contributed by atoms with E-state index < -0.39 is 0 Å². The third-order valence-electron chi connectivity index (χ3n) is 5.56. The minimum absolute atomic E-state index is 0.0631. The van der Waals surface area contributed by atoms with Crippen molar-refractivity contribution in [2.24, 2.45) is 5.92 Å². The molecule has 8 nitrogen and oxygen atoms in total. The van der Waals surface area contributed by atoms with Gasteiger partial charge >= 0.3 is 5.97 Å². The second kappa shape index (κ2) is 9.73. The molecule has 0 aliphatic carbocycles. The van der Waals surface area contributed by atoms with E-state index in [1.54, 1.807) is 16.2 Å². The van der Waals surface area contributed by atoms with E-state index in [1.807, 2.05) is 32.2 Å². The van der Waals surface area contributed by atoms with Gasteiger partial charge in [0, 0.05) is 32.3 Å². The van der Waals surface area contributed by atoms with Crippen LogP contribution in [0.1, 0.15) is 54.4 Å². The normalized spacial score (nSPS) is 14.7. The lowest BCUT2D eigenvalue weighted by Crippen LogP contribution is -2.40. The fraction of sp³-hybridized carbons (Fsp3) is 0.545. The van der Waals surface area contributed by atoms with Gasteiger partial charge in [-0.2, -0.15) is 0 Å². The Morgan fingerprint density at radius 2 is 1.97 bits per heavy atom. The summed E-state index contributed by atoms with van der Waals surface area (Å²) in [6, 6.07) is 3.86. The van der Waals surface area contributed by atoms with Crippen molar-refractivity contribution in [2.45, 2.75) is 46.5 Å². The van der Waals surface area contributed by atoms with Gasteiger partial charge in [-0.15, -0.1) is 0 Å². The fourth-order valence-electron chi connectivity index (χ4n) is 3.90. The highest BCUT2D eigenvalue weighted by molar-refractivity contribution is 5.94. The minimum atomic E-state index is -0.187. The number of fused-ring (bicyclic) bond motifs is 1. The number of carbonyl (C=O) groups is 3. The third-order valence-corrected chi connectivity index (χ3v) is 5.56. The molecule has 0 bridgehead atoms. The molecule has 2 aromatic heterocycles. The number of pyridine rings is 1. The Labute approximate surface area is 176 Å². The smallest absolute Gasteiger partial charge is 0.309 e. The molecule has 30 heavy (non-hydrogen) atoms. The van der Waals surface area contributed by atoms with E-state index in [-0.39, 0.29) is 23.7 Å². The van der Waals surface area contributed by atoms with E-state index in [1.165, 1.54) is 0 Å². The molecule has 2 amide bonds. The Morgan fingerprint density at radius 1 is 1.23 bits per heavy atom. The standard InChI is InChI=1S/C22H30N4O4/c1-4-30-22(29)17-9-13-25(14-10-17)18(27)8-5-11-23-21(28)19-16(3)24-20-15(2)7-6-12-26(19)20/h6-7,12,17H,4-5,8-11,13-14H2,1-3H3,(H,23,28). The number of hydrogen-bond donors (Lipinski definition) is 1. The molecule has 1 aliphatic rings. The minimum Gasteiger partial charge on any atom is -0.466 e. The Hall–Kier alpha value is -2.90. The first-order chi connectivity index (χ1) is 14.4. The number of nitrogens with one attached hydrogen (secondary N) is 1. The molecule has 0 radical (unpaired) electrons. The Balaban J connectivity index is 1.44. The summed E-state index contributed by atoms with van der Waals surface area (Å²) in [6.45, 7) is 7.55. The van der Waals surface area contributed by atoms with E-state index >= 15 is 0 Å². The predicted octanol–water partition coefficient (Wildman–Crippen LogP) is 2.26. The zero-order chi connectivity index (χ0) is 21.7. The lowest BCUT2D eigenvalue weighted by atomic mass is 9.97. The maximum atomic E-state index is 12.6. The molecule has 1 fully saturated rings. The summed E-state index contributed by atoms with van der Waals surface area (Å²) in [5.41, 5.74) is 3.00. The highest BCUT2D eigenvalue weighted by atomic mass is 16.5. The number of piperidine rings is 1. The number of carbonyl (C=O) groups excluding carboxylic acids is 3. The molecule has 0 saturated carbocycles. The molecule has 0 atom stereocenters. The van der Waals surface area contributed by atoms with Crippen LogP contribution in [-0.2, 0) is 14.3 Å². The first-order valence-corrected chi connectivity index (χ1v) is 10.6. The van der Waals surface area contributed by atoms with Crippen LogP contribution in [0.15, 0.2) is 18.3 Å². The number of esters is 1. The quantitative estimate of drug-likeness (QED) is 0.554. The SMILES string of the molecule is CCOC(=O)C1CCN(C(=O)CCCNC(=O)c2c(C)nc3c(C)cccn23)CC1. The largest absolute Gasteiger partial charge is 0.466 e. The molecule has 1 aliphatic heterocycles. The monoisotopic (exact) mass is 414 g/mol. The van der Waals surface area contributed by atoms with Gasteiger partial charge in [0.25, 0.3) is 5.91 Å². The van der Waals surface area contributed by atoms with E-state index in [9.17, 15) is 14.4 Å². The molecule has 1 saturated heterocycles. The van der Waals surface area contributed by atoms with Gasteiger partial charge in [-0.3, -0.25) is 18.8 Å². The molecule has 0 aromatic carbocycles. The van der Waals surface area contributed by atoms with Crippen molar-refractivity contribution in [2.75, 3.05) is 26.2 Å². The molecule has 3 heterocycles. The van der Waals surface area contributed by atoms with Crippen LogP contribution in [0.2, 0.25) is 0 Å². The van der Waals surface area contributed by atoms with Gasteiger partial charge in [0.15, 0.2) is 0 Å². The van der Waals surface area contributed by atoms with Crippen LogP contribution in [0.3, 0.4) is 0 Å². The van der Waals surface area contributed by atoms with E-state index in [2.05, 4.69) is 10.3 Å². The van der Waals surface area contributed by atoms with Crippen molar-refractivity contribution >= 4 is 23.4 Å². The predicted molar refractivity (Wildman–Crippen MR) is 112 cm³/mol. The second-order valence-corrected chi connectivity index (χ2v) is 7.70. The van der Waals surface area contributed by atoms with Crippen molar-refractivity contribution in [1.29, 1.82) is 0 Å². The van der Waals surface area contributed by atoms with Gasteiger partial charge < -0.3 is 15.0 Å². The molecule has 0 unspecified atom stereocenters. The molecule has 1 N–H and O–H groups in total. The third kappa shape index (κ3) is 4.80. The summed E-state index contributed by atoms with van der Waals surface area (Å²) in [5.74, 6) is -0.391. The van der Waals surface area contributed by atoms with Crippen molar-refractivity contribution in [3.63, 3.8) is 0 Å². The maximum absolute atomic E-state index is 12.6. The average molecular weight is 415 g/mol. The Morgan fingerprint density at radius 3 is 2.67 bits per heavy atom. The molecule has 0 spiro atoms. The van der Waals surface area contributed by atoms with E-state index in [0.717, 1.165) is 11.2 Å². The number of hydrogen-bond acceptors (Lipinski definition) is 5. The topological polar surface area (TPSA) is 93.0 Å². The number of nitrogens with zero attached hydrogens (tertiary/aromatic N) is 3. The van der Waals surface area contributed by atoms with Crippen molar-refractivity contribution < 1.29 is 19.1 Å². The van der Waals surface area contributed by atoms with Crippen LogP contribution in [-0.4, -0.2) is 58.3 Å². The van der Waals surface area contributed by atoms with Gasteiger partial charge in [0.1, 0.15) is 11.3 Å². The fourth-order valence-corrected chi connectivity index (χ4v) is 3.90. The Bertz CT molecular complexity index is 929. The second-order valence-electron chi connectivity index (χ2n) is 7.70. The number of aryl methyl sites for hydroxylation is 2. The van der Waals surface area contributed by atoms with Crippen LogP contribution in [0.25, 0.3) is 5.65 Å². The van der Waals surface area contributed by atoms with E-state index in [0.29, 0.717) is 63.3 Å². The summed E-state index contributed by atoms with van der Waals surface area (Å²) in [4.78, 5) is 43.2. The first-order valence-electron chi connectivity index (χ1n) is 10.6. The summed E-state index contributed by atoms with van der Waals surface area (Å²) < 4.78 is 6.87. The van der Waals surface area contributed by atoms with Crippen molar-refractivity contribution in [1.82, 2.24) is 19.6 Å². The average Bonchev–Trinajstić information content (AvgIpc) is 3.08. The van der Waals surface area contributed by atoms with Crippen LogP contribution in [0.4, 0.5) is 0 Å². The molecule has 2 aromatic rings. The summed E-state index contributed by atoms with van der Waals surface area (Å²) in [6.07, 6.45) is 4.07. The van der Waals surface area contributed by atoms with Gasteiger partial charge in [-0.25, -0.2) is 4.98 Å². The summed E-state index contributed by atoms with van der Waals surface area (Å²) >= 11 is 0. The zero-order valence-electron chi connectivity index (χ0n) is 17.9. The highest BCUT2D eigenvalue weighted by Crippen LogP contribution is 2.19. The number of likely N-dealkylation sites (tertiary alicyclic amines) is 1. The molecular formula is C22H30N4O4. The summed E-state index contributed by atoms with van der Waals surface area (Å²) in [5, 5.41) is 2.90. The van der Waals surface area contributed by atoms with Crippen molar-refractivity contribution in [3.05, 3.63) is 35.3 Å². The van der Waals surface area contributed by atoms with Crippen LogP contribution in [0, 0.1) is 19.8 Å². The lowest BCUT2D eigenvalue weighted by molar-refractivity contribution is -0.151. The Kier molecular flexibility index (Phi) is 7.07. The number of ether oxygens (including phenoxy) is 1. The van der Waals surface area contributed by atoms with Gasteiger partial charge in [-0.05, 0) is 51.7 Å². The molecule has 8 heteroatoms.